The Morgan fingerprint density at radius 3 is 2.29 bits per heavy atom. The monoisotopic (exact) mass is 255 g/mol. The highest BCUT2D eigenvalue weighted by molar-refractivity contribution is 7.80. The van der Waals surface area contributed by atoms with Gasteiger partial charge in [0.25, 0.3) is 0 Å². The van der Waals surface area contributed by atoms with E-state index >= 15 is 0 Å². The molecule has 0 spiro atoms. The predicted octanol–water partition coefficient (Wildman–Crippen LogP) is 2.54. The van der Waals surface area contributed by atoms with Gasteiger partial charge in [-0.2, -0.15) is 12.6 Å². The number of hydrogen-bond acceptors (Lipinski definition) is 4. The van der Waals surface area contributed by atoms with Crippen molar-refractivity contribution >= 4 is 12.6 Å². The normalized spacial score (nSPS) is 12.6. The molecule has 1 aromatic carbocycles. The molecule has 17 heavy (non-hydrogen) atoms. The van der Waals surface area contributed by atoms with Gasteiger partial charge < -0.3 is 14.4 Å². The Bertz CT molecular complexity index is 380. The van der Waals surface area contributed by atoms with Gasteiger partial charge in [-0.1, -0.05) is 6.07 Å². The average Bonchev–Trinajstić information content (AvgIpc) is 2.30. The second-order valence-electron chi connectivity index (χ2n) is 4.18. The van der Waals surface area contributed by atoms with E-state index in [9.17, 15) is 0 Å². The second-order valence-corrected chi connectivity index (χ2v) is 4.54. The first kappa shape index (κ1) is 14.2. The molecule has 1 rings (SSSR count). The largest absolute Gasteiger partial charge is 0.496 e. The van der Waals surface area contributed by atoms with Crippen LogP contribution in [-0.4, -0.2) is 39.0 Å². The van der Waals surface area contributed by atoms with Gasteiger partial charge in [0.1, 0.15) is 11.5 Å². The third-order valence-electron chi connectivity index (χ3n) is 2.97. The van der Waals surface area contributed by atoms with Gasteiger partial charge in [0.15, 0.2) is 0 Å². The summed E-state index contributed by atoms with van der Waals surface area (Å²) in [5.74, 6) is 2.48. The Hall–Kier alpha value is -0.870. The molecular formula is C13H21NO2S. The molecule has 3 nitrogen and oxygen atoms in total. The van der Waals surface area contributed by atoms with Gasteiger partial charge in [0.05, 0.1) is 14.2 Å². The zero-order valence-corrected chi connectivity index (χ0v) is 12.0. The molecule has 0 amide bonds. The summed E-state index contributed by atoms with van der Waals surface area (Å²) in [6.07, 6.45) is 0. The maximum absolute atomic E-state index is 5.51. The smallest absolute Gasteiger partial charge is 0.130 e. The summed E-state index contributed by atoms with van der Waals surface area (Å²) in [7, 11) is 7.44. The van der Waals surface area contributed by atoms with Crippen LogP contribution in [0.3, 0.4) is 0 Å². The van der Waals surface area contributed by atoms with Crippen LogP contribution in [0.5, 0.6) is 11.5 Å². The zero-order valence-electron chi connectivity index (χ0n) is 11.2. The van der Waals surface area contributed by atoms with Gasteiger partial charge in [0.2, 0.25) is 0 Å². The van der Waals surface area contributed by atoms with Crippen LogP contribution in [0, 0.1) is 6.92 Å². The first-order chi connectivity index (χ1) is 8.06. The van der Waals surface area contributed by atoms with Crippen LogP contribution in [-0.2, 0) is 0 Å². The van der Waals surface area contributed by atoms with Crippen molar-refractivity contribution in [3.8, 4) is 11.5 Å². The lowest BCUT2D eigenvalue weighted by Crippen LogP contribution is -2.22. The molecule has 0 heterocycles. The van der Waals surface area contributed by atoms with E-state index in [-0.39, 0.29) is 6.04 Å². The van der Waals surface area contributed by atoms with Crippen LogP contribution in [0.1, 0.15) is 17.2 Å². The topological polar surface area (TPSA) is 21.7 Å². The fraction of sp³-hybridized carbons (Fsp3) is 0.538. The van der Waals surface area contributed by atoms with E-state index in [0.717, 1.165) is 28.4 Å². The van der Waals surface area contributed by atoms with E-state index in [4.69, 9.17) is 9.47 Å². The van der Waals surface area contributed by atoms with Crippen LogP contribution in [0.4, 0.5) is 0 Å². The van der Waals surface area contributed by atoms with Crippen molar-refractivity contribution in [1.29, 1.82) is 0 Å². The number of nitrogens with zero attached hydrogens (tertiary/aromatic N) is 1. The minimum absolute atomic E-state index is 0.234. The van der Waals surface area contributed by atoms with Crippen molar-refractivity contribution < 1.29 is 9.47 Å². The molecular weight excluding hydrogens is 234 g/mol. The Morgan fingerprint density at radius 2 is 1.88 bits per heavy atom. The van der Waals surface area contributed by atoms with Gasteiger partial charge in [0, 0.05) is 22.9 Å². The summed E-state index contributed by atoms with van der Waals surface area (Å²) >= 11 is 4.41. The van der Waals surface area contributed by atoms with Crippen LogP contribution >= 0.6 is 12.6 Å². The number of benzene rings is 1. The summed E-state index contributed by atoms with van der Waals surface area (Å²) < 4.78 is 10.8. The van der Waals surface area contributed by atoms with Crippen LogP contribution in [0.25, 0.3) is 0 Å². The van der Waals surface area contributed by atoms with Gasteiger partial charge in [-0.05, 0) is 27.1 Å². The molecule has 0 saturated carbocycles. The highest BCUT2D eigenvalue weighted by Crippen LogP contribution is 2.36. The van der Waals surface area contributed by atoms with Crippen LogP contribution in [0.15, 0.2) is 12.1 Å². The van der Waals surface area contributed by atoms with Gasteiger partial charge in [-0.15, -0.1) is 0 Å². The quantitative estimate of drug-likeness (QED) is 0.817. The predicted molar refractivity (Wildman–Crippen MR) is 74.6 cm³/mol. The van der Waals surface area contributed by atoms with Crippen molar-refractivity contribution in [2.24, 2.45) is 0 Å². The highest BCUT2D eigenvalue weighted by Gasteiger charge is 2.20. The summed E-state index contributed by atoms with van der Waals surface area (Å²) in [6.45, 7) is 2.01. The third-order valence-corrected chi connectivity index (χ3v) is 3.31. The maximum atomic E-state index is 5.51. The van der Waals surface area contributed by atoms with Gasteiger partial charge >= 0.3 is 0 Å². The molecule has 0 aromatic heterocycles. The number of thiol groups is 1. The fourth-order valence-corrected chi connectivity index (χ4v) is 2.51. The lowest BCUT2D eigenvalue weighted by atomic mass is 10.0. The molecule has 4 heteroatoms. The standard InChI is InChI=1S/C13H21NO2S/c1-9-12(15-4)7-6-10(13(9)16-5)11(8-17)14(2)3/h6-7,11,17H,8H2,1-5H3. The molecule has 0 N–H and O–H groups in total. The average molecular weight is 255 g/mol. The fourth-order valence-electron chi connectivity index (χ4n) is 1.99. The van der Waals surface area contributed by atoms with Crippen LogP contribution in [0.2, 0.25) is 0 Å². The molecule has 1 atom stereocenters. The molecule has 96 valence electrons. The summed E-state index contributed by atoms with van der Waals surface area (Å²) in [5, 5.41) is 0. The van der Waals surface area contributed by atoms with Crippen molar-refractivity contribution in [3.05, 3.63) is 23.3 Å². The summed E-state index contributed by atoms with van der Waals surface area (Å²) in [5.41, 5.74) is 2.17. The van der Waals surface area contributed by atoms with Crippen molar-refractivity contribution in [2.75, 3.05) is 34.1 Å². The van der Waals surface area contributed by atoms with E-state index in [1.54, 1.807) is 14.2 Å². The van der Waals surface area contributed by atoms with Crippen LogP contribution < -0.4 is 9.47 Å². The van der Waals surface area contributed by atoms with E-state index in [0.29, 0.717) is 0 Å². The molecule has 0 aliphatic rings. The van der Waals surface area contributed by atoms with Gasteiger partial charge in [-0.25, -0.2) is 0 Å². The molecule has 0 bridgehead atoms. The summed E-state index contributed by atoms with van der Waals surface area (Å²) in [4.78, 5) is 2.14. The number of hydrogen-bond donors (Lipinski definition) is 1. The molecule has 0 aliphatic heterocycles. The number of rotatable bonds is 5. The molecule has 0 saturated heterocycles. The zero-order chi connectivity index (χ0) is 13.0. The lowest BCUT2D eigenvalue weighted by Gasteiger charge is -2.26. The summed E-state index contributed by atoms with van der Waals surface area (Å²) in [6, 6.07) is 4.26. The van der Waals surface area contributed by atoms with Crippen molar-refractivity contribution in [2.45, 2.75) is 13.0 Å². The minimum atomic E-state index is 0.234. The first-order valence-corrected chi connectivity index (χ1v) is 6.18. The highest BCUT2D eigenvalue weighted by atomic mass is 32.1. The van der Waals surface area contributed by atoms with Crippen molar-refractivity contribution in [3.63, 3.8) is 0 Å². The van der Waals surface area contributed by atoms with E-state index in [2.05, 4.69) is 17.5 Å². The molecule has 0 aliphatic carbocycles. The minimum Gasteiger partial charge on any atom is -0.496 e. The Labute approximate surface area is 109 Å². The van der Waals surface area contributed by atoms with Gasteiger partial charge in [-0.3, -0.25) is 0 Å². The molecule has 1 aromatic rings. The number of ether oxygens (including phenoxy) is 2. The SMILES string of the molecule is COc1ccc(C(CS)N(C)C)c(OC)c1C. The Morgan fingerprint density at radius 1 is 1.24 bits per heavy atom. The molecule has 0 radical (unpaired) electrons. The first-order valence-electron chi connectivity index (χ1n) is 5.55. The maximum Gasteiger partial charge on any atom is 0.130 e. The molecule has 1 unspecified atom stereocenters. The number of methoxy groups -OCH3 is 2. The van der Waals surface area contributed by atoms with E-state index < -0.39 is 0 Å². The van der Waals surface area contributed by atoms with E-state index in [1.165, 1.54) is 0 Å². The lowest BCUT2D eigenvalue weighted by molar-refractivity contribution is 0.310. The Kier molecular flexibility index (Phi) is 5.15. The Balaban J connectivity index is 3.29. The third kappa shape index (κ3) is 2.87. The van der Waals surface area contributed by atoms with E-state index in [1.807, 2.05) is 33.2 Å². The second kappa shape index (κ2) is 6.17. The van der Waals surface area contributed by atoms with Crippen molar-refractivity contribution in [1.82, 2.24) is 4.90 Å². The molecule has 0 fully saturated rings.